The van der Waals surface area contributed by atoms with Crippen molar-refractivity contribution >= 4 is 5.91 Å². The van der Waals surface area contributed by atoms with E-state index < -0.39 is 5.91 Å². The predicted octanol–water partition coefficient (Wildman–Crippen LogP) is 0.730. The first-order valence-electron chi connectivity index (χ1n) is 4.71. The van der Waals surface area contributed by atoms with Gasteiger partial charge in [0, 0.05) is 6.07 Å². The smallest absolute Gasteiger partial charge is 0.267 e. The van der Waals surface area contributed by atoms with Crippen molar-refractivity contribution in [2.75, 3.05) is 7.11 Å². The second-order valence-electron chi connectivity index (χ2n) is 3.40. The van der Waals surface area contributed by atoms with Crippen LogP contribution >= 0.6 is 0 Å². The first-order chi connectivity index (χ1) is 7.20. The molecule has 0 spiro atoms. The Hall–Kier alpha value is -1.78. The van der Waals surface area contributed by atoms with Crippen LogP contribution in [0.2, 0.25) is 0 Å². The molecule has 2 rings (SSSR count). The zero-order valence-corrected chi connectivity index (χ0v) is 8.40. The van der Waals surface area contributed by atoms with Crippen LogP contribution in [-0.2, 0) is 0 Å². The van der Waals surface area contributed by atoms with Gasteiger partial charge in [-0.25, -0.2) is 4.98 Å². The highest BCUT2D eigenvalue weighted by Crippen LogP contribution is 2.33. The maximum Gasteiger partial charge on any atom is 0.267 e. The molecule has 1 saturated carbocycles. The van der Waals surface area contributed by atoms with E-state index in [1.807, 2.05) is 0 Å². The fraction of sp³-hybridized carbons (Fsp3) is 0.400. The highest BCUT2D eigenvalue weighted by Gasteiger charge is 2.25. The molecule has 0 bridgehead atoms. The van der Waals surface area contributed by atoms with E-state index in [0.717, 1.165) is 12.8 Å². The van der Waals surface area contributed by atoms with Crippen molar-refractivity contribution in [2.45, 2.75) is 18.9 Å². The van der Waals surface area contributed by atoms with Gasteiger partial charge in [-0.1, -0.05) is 0 Å². The van der Waals surface area contributed by atoms with Crippen molar-refractivity contribution < 1.29 is 14.3 Å². The fourth-order valence-corrected chi connectivity index (χ4v) is 1.17. The molecule has 15 heavy (non-hydrogen) atoms. The number of nitrogens with zero attached hydrogens (tertiary/aromatic N) is 1. The molecule has 1 amide bonds. The van der Waals surface area contributed by atoms with Crippen LogP contribution in [0.25, 0.3) is 0 Å². The molecule has 0 aromatic carbocycles. The van der Waals surface area contributed by atoms with Crippen LogP contribution in [0, 0.1) is 0 Å². The van der Waals surface area contributed by atoms with Gasteiger partial charge in [0.2, 0.25) is 0 Å². The zero-order valence-electron chi connectivity index (χ0n) is 8.40. The summed E-state index contributed by atoms with van der Waals surface area (Å²) in [6.07, 6.45) is 3.76. The maximum absolute atomic E-state index is 10.9. The summed E-state index contributed by atoms with van der Waals surface area (Å²) in [4.78, 5) is 14.8. The summed E-state index contributed by atoms with van der Waals surface area (Å²) < 4.78 is 10.6. The average Bonchev–Trinajstić information content (AvgIpc) is 3.01. The molecule has 1 aliphatic carbocycles. The number of nitrogens with two attached hydrogens (primary N) is 1. The van der Waals surface area contributed by atoms with Gasteiger partial charge in [0.25, 0.3) is 5.91 Å². The Morgan fingerprint density at radius 2 is 2.27 bits per heavy atom. The normalized spacial score (nSPS) is 14.7. The largest absolute Gasteiger partial charge is 0.491 e. The molecule has 2 N–H and O–H groups in total. The molecule has 5 heteroatoms. The van der Waals surface area contributed by atoms with Crippen LogP contribution in [0.4, 0.5) is 0 Å². The van der Waals surface area contributed by atoms with E-state index in [-0.39, 0.29) is 11.8 Å². The molecule has 1 fully saturated rings. The molecule has 1 aromatic heterocycles. The lowest BCUT2D eigenvalue weighted by Gasteiger charge is -2.09. The van der Waals surface area contributed by atoms with Crippen molar-refractivity contribution in [3.05, 3.63) is 18.0 Å². The Labute approximate surface area is 87.2 Å². The van der Waals surface area contributed by atoms with Crippen molar-refractivity contribution in [3.63, 3.8) is 0 Å². The zero-order chi connectivity index (χ0) is 10.8. The van der Waals surface area contributed by atoms with E-state index in [4.69, 9.17) is 15.2 Å². The Balaban J connectivity index is 2.28. The molecule has 0 radical (unpaired) electrons. The molecule has 0 aliphatic heterocycles. The van der Waals surface area contributed by atoms with Crippen LogP contribution in [0.3, 0.4) is 0 Å². The van der Waals surface area contributed by atoms with Gasteiger partial charge < -0.3 is 15.2 Å². The quantitative estimate of drug-likeness (QED) is 0.791. The Bertz CT molecular complexity index is 388. The minimum atomic E-state index is -0.571. The molecule has 0 atom stereocenters. The van der Waals surface area contributed by atoms with Gasteiger partial charge in [0.1, 0.15) is 5.69 Å². The maximum atomic E-state index is 10.9. The number of rotatable bonds is 4. The van der Waals surface area contributed by atoms with Crippen LogP contribution in [-0.4, -0.2) is 24.1 Å². The Morgan fingerprint density at radius 3 is 2.80 bits per heavy atom. The molecule has 1 heterocycles. The van der Waals surface area contributed by atoms with Crippen molar-refractivity contribution in [1.82, 2.24) is 4.98 Å². The number of amides is 1. The lowest BCUT2D eigenvalue weighted by atomic mass is 10.3. The predicted molar refractivity (Wildman–Crippen MR) is 53.0 cm³/mol. The average molecular weight is 208 g/mol. The SMILES string of the molecule is COc1cnc(C(N)=O)cc1OC1CC1. The van der Waals surface area contributed by atoms with Crippen molar-refractivity contribution in [2.24, 2.45) is 5.73 Å². The van der Waals surface area contributed by atoms with E-state index in [2.05, 4.69) is 4.98 Å². The van der Waals surface area contributed by atoms with Gasteiger partial charge in [-0.05, 0) is 12.8 Å². The number of pyridine rings is 1. The van der Waals surface area contributed by atoms with E-state index in [1.165, 1.54) is 19.4 Å². The molecule has 1 aromatic rings. The molecule has 80 valence electrons. The van der Waals surface area contributed by atoms with E-state index >= 15 is 0 Å². The van der Waals surface area contributed by atoms with Gasteiger partial charge >= 0.3 is 0 Å². The van der Waals surface area contributed by atoms with Gasteiger partial charge in [-0.15, -0.1) is 0 Å². The number of primary amides is 1. The van der Waals surface area contributed by atoms with E-state index in [9.17, 15) is 4.79 Å². The summed E-state index contributed by atoms with van der Waals surface area (Å²) in [7, 11) is 1.53. The van der Waals surface area contributed by atoms with Crippen LogP contribution in [0.15, 0.2) is 12.3 Å². The topological polar surface area (TPSA) is 74.4 Å². The van der Waals surface area contributed by atoms with Crippen molar-refractivity contribution in [1.29, 1.82) is 0 Å². The molecular formula is C10H12N2O3. The minimum absolute atomic E-state index is 0.187. The third-order valence-corrected chi connectivity index (χ3v) is 2.12. The van der Waals surface area contributed by atoms with Crippen LogP contribution in [0.1, 0.15) is 23.3 Å². The summed E-state index contributed by atoms with van der Waals surface area (Å²) in [6, 6.07) is 1.51. The van der Waals surface area contributed by atoms with Crippen LogP contribution in [0.5, 0.6) is 11.5 Å². The summed E-state index contributed by atoms with van der Waals surface area (Å²) in [6.45, 7) is 0. The number of carbonyl (C=O) groups is 1. The molecule has 0 saturated heterocycles. The van der Waals surface area contributed by atoms with Gasteiger partial charge in [0.15, 0.2) is 11.5 Å². The number of carbonyl (C=O) groups excluding carboxylic acids is 1. The molecule has 0 unspecified atom stereocenters. The van der Waals surface area contributed by atoms with E-state index in [1.54, 1.807) is 0 Å². The Kier molecular flexibility index (Phi) is 2.45. The molecular weight excluding hydrogens is 196 g/mol. The summed E-state index contributed by atoms with van der Waals surface area (Å²) in [5.41, 5.74) is 5.31. The second-order valence-corrected chi connectivity index (χ2v) is 3.40. The molecule has 5 nitrogen and oxygen atoms in total. The molecule has 1 aliphatic rings. The van der Waals surface area contributed by atoms with Gasteiger partial charge in [0.05, 0.1) is 19.4 Å². The number of aromatic nitrogens is 1. The third-order valence-electron chi connectivity index (χ3n) is 2.12. The minimum Gasteiger partial charge on any atom is -0.491 e. The number of hydrogen-bond donors (Lipinski definition) is 1. The Morgan fingerprint density at radius 1 is 1.53 bits per heavy atom. The van der Waals surface area contributed by atoms with Gasteiger partial charge in [-0.2, -0.15) is 0 Å². The first kappa shape index (κ1) is 9.76. The number of methoxy groups -OCH3 is 1. The number of ether oxygens (including phenoxy) is 2. The lowest BCUT2D eigenvalue weighted by molar-refractivity contribution is 0.0995. The monoisotopic (exact) mass is 208 g/mol. The highest BCUT2D eigenvalue weighted by molar-refractivity contribution is 5.91. The first-order valence-corrected chi connectivity index (χ1v) is 4.71. The highest BCUT2D eigenvalue weighted by atomic mass is 16.5. The summed E-state index contributed by atoms with van der Waals surface area (Å²) in [5.74, 6) is 0.481. The third kappa shape index (κ3) is 2.18. The van der Waals surface area contributed by atoms with Crippen molar-refractivity contribution in [3.8, 4) is 11.5 Å². The summed E-state index contributed by atoms with van der Waals surface area (Å²) in [5, 5.41) is 0. The second kappa shape index (κ2) is 3.76. The summed E-state index contributed by atoms with van der Waals surface area (Å²) >= 11 is 0. The van der Waals surface area contributed by atoms with Gasteiger partial charge in [-0.3, -0.25) is 4.79 Å². The van der Waals surface area contributed by atoms with E-state index in [0.29, 0.717) is 11.5 Å². The van der Waals surface area contributed by atoms with Crippen LogP contribution < -0.4 is 15.2 Å². The standard InChI is InChI=1S/C10H12N2O3/c1-14-9-5-12-7(10(11)13)4-8(9)15-6-2-3-6/h4-6H,2-3H2,1H3,(H2,11,13). The fourth-order valence-electron chi connectivity index (χ4n) is 1.17. The number of hydrogen-bond acceptors (Lipinski definition) is 4. The lowest BCUT2D eigenvalue weighted by Crippen LogP contribution is -2.13.